The van der Waals surface area contributed by atoms with Crippen molar-refractivity contribution in [1.29, 1.82) is 0 Å². The number of nitrogens with zero attached hydrogens (tertiary/aromatic N) is 2. The van der Waals surface area contributed by atoms with E-state index in [9.17, 15) is 0 Å². The second kappa shape index (κ2) is 7.77. The van der Waals surface area contributed by atoms with Crippen molar-refractivity contribution in [2.45, 2.75) is 26.4 Å². The number of hydrogen-bond acceptors (Lipinski definition) is 5. The summed E-state index contributed by atoms with van der Waals surface area (Å²) in [7, 11) is 0. The molecule has 25 heavy (non-hydrogen) atoms. The van der Waals surface area contributed by atoms with Crippen molar-refractivity contribution in [3.05, 3.63) is 29.3 Å². The fourth-order valence-electron chi connectivity index (χ4n) is 2.75. The van der Waals surface area contributed by atoms with E-state index in [0.717, 1.165) is 44.0 Å². The fourth-order valence-corrected chi connectivity index (χ4v) is 2.97. The molecule has 0 unspecified atom stereocenters. The lowest BCUT2D eigenvalue weighted by Crippen LogP contribution is -2.38. The minimum absolute atomic E-state index is 0.318. The first kappa shape index (κ1) is 18.2. The van der Waals surface area contributed by atoms with Gasteiger partial charge in [-0.2, -0.15) is 0 Å². The Kier molecular flexibility index (Phi) is 5.67. The van der Waals surface area contributed by atoms with Crippen LogP contribution in [-0.2, 0) is 4.74 Å². The first-order chi connectivity index (χ1) is 11.9. The number of halogens is 1. The number of aromatic nitrogens is 1. The molecule has 1 aliphatic rings. The summed E-state index contributed by atoms with van der Waals surface area (Å²) in [6.07, 6.45) is 0. The van der Waals surface area contributed by atoms with Crippen molar-refractivity contribution in [2.75, 3.05) is 39.5 Å². The van der Waals surface area contributed by atoms with E-state index < -0.39 is 0 Å². The number of hydrogen-bond donors (Lipinski definition) is 0. The SMILES string of the molecule is CC(C)(C)Oc1cc(OCCN2CCOCC2)nc2c(Cl)cccc12. The number of ether oxygens (including phenoxy) is 3. The smallest absolute Gasteiger partial charge is 0.217 e. The molecule has 5 nitrogen and oxygen atoms in total. The van der Waals surface area contributed by atoms with Crippen LogP contribution in [0.4, 0.5) is 0 Å². The van der Waals surface area contributed by atoms with Crippen LogP contribution in [0.5, 0.6) is 11.6 Å². The van der Waals surface area contributed by atoms with Gasteiger partial charge in [-0.15, -0.1) is 0 Å². The number of para-hydroxylation sites is 1. The van der Waals surface area contributed by atoms with Gasteiger partial charge in [-0.05, 0) is 32.9 Å². The number of rotatable bonds is 5. The van der Waals surface area contributed by atoms with Crippen molar-refractivity contribution in [3.63, 3.8) is 0 Å². The monoisotopic (exact) mass is 364 g/mol. The molecular formula is C19H25ClN2O3. The van der Waals surface area contributed by atoms with Gasteiger partial charge in [0.15, 0.2) is 0 Å². The normalized spacial score (nSPS) is 16.2. The zero-order chi connectivity index (χ0) is 17.9. The van der Waals surface area contributed by atoms with E-state index in [4.69, 9.17) is 25.8 Å². The van der Waals surface area contributed by atoms with Crippen LogP contribution < -0.4 is 9.47 Å². The zero-order valence-corrected chi connectivity index (χ0v) is 15.8. The molecule has 1 fully saturated rings. The Bertz CT molecular complexity index is 724. The fraction of sp³-hybridized carbons (Fsp3) is 0.526. The van der Waals surface area contributed by atoms with Crippen molar-refractivity contribution in [1.82, 2.24) is 9.88 Å². The molecule has 1 aliphatic heterocycles. The molecule has 1 aromatic carbocycles. The van der Waals surface area contributed by atoms with Gasteiger partial charge in [-0.3, -0.25) is 4.90 Å². The molecule has 0 bridgehead atoms. The van der Waals surface area contributed by atoms with Crippen molar-refractivity contribution >= 4 is 22.5 Å². The van der Waals surface area contributed by atoms with Crippen LogP contribution in [0.15, 0.2) is 24.3 Å². The predicted molar refractivity (Wildman–Crippen MR) is 99.9 cm³/mol. The van der Waals surface area contributed by atoms with E-state index in [1.165, 1.54) is 0 Å². The average Bonchev–Trinajstić information content (AvgIpc) is 2.55. The van der Waals surface area contributed by atoms with Gasteiger partial charge < -0.3 is 14.2 Å². The summed E-state index contributed by atoms with van der Waals surface area (Å²) in [6, 6.07) is 7.55. The lowest BCUT2D eigenvalue weighted by Gasteiger charge is -2.26. The van der Waals surface area contributed by atoms with Gasteiger partial charge in [-0.25, -0.2) is 4.98 Å². The molecule has 0 atom stereocenters. The van der Waals surface area contributed by atoms with Crippen molar-refractivity contribution in [3.8, 4) is 11.6 Å². The Balaban J connectivity index is 1.78. The van der Waals surface area contributed by atoms with Gasteiger partial charge >= 0.3 is 0 Å². The summed E-state index contributed by atoms with van der Waals surface area (Å²) in [6.45, 7) is 10.9. The molecule has 1 saturated heterocycles. The van der Waals surface area contributed by atoms with Gasteiger partial charge in [0.25, 0.3) is 0 Å². The van der Waals surface area contributed by atoms with Gasteiger partial charge in [0.1, 0.15) is 18.0 Å². The summed E-state index contributed by atoms with van der Waals surface area (Å²) >= 11 is 6.33. The van der Waals surface area contributed by atoms with Gasteiger partial charge in [0.2, 0.25) is 5.88 Å². The molecule has 6 heteroatoms. The lowest BCUT2D eigenvalue weighted by atomic mass is 10.1. The molecule has 0 spiro atoms. The Morgan fingerprint density at radius 1 is 1.24 bits per heavy atom. The number of fused-ring (bicyclic) bond motifs is 1. The second-order valence-electron chi connectivity index (χ2n) is 7.11. The van der Waals surface area contributed by atoms with Crippen LogP contribution in [-0.4, -0.2) is 54.9 Å². The van der Waals surface area contributed by atoms with E-state index >= 15 is 0 Å². The Labute approximate surface area is 153 Å². The van der Waals surface area contributed by atoms with Gasteiger partial charge in [-0.1, -0.05) is 17.7 Å². The molecule has 2 aromatic rings. The maximum Gasteiger partial charge on any atom is 0.217 e. The second-order valence-corrected chi connectivity index (χ2v) is 7.52. The first-order valence-electron chi connectivity index (χ1n) is 8.63. The molecule has 1 aromatic heterocycles. The topological polar surface area (TPSA) is 43.8 Å². The highest BCUT2D eigenvalue weighted by molar-refractivity contribution is 6.35. The van der Waals surface area contributed by atoms with E-state index in [1.54, 1.807) is 0 Å². The molecule has 0 aliphatic carbocycles. The quantitative estimate of drug-likeness (QED) is 0.807. The Hall–Kier alpha value is -1.56. The highest BCUT2D eigenvalue weighted by atomic mass is 35.5. The summed E-state index contributed by atoms with van der Waals surface area (Å²) in [4.78, 5) is 6.89. The largest absolute Gasteiger partial charge is 0.487 e. The minimum Gasteiger partial charge on any atom is -0.487 e. The van der Waals surface area contributed by atoms with Crippen LogP contribution in [0.1, 0.15) is 20.8 Å². The maximum absolute atomic E-state index is 6.33. The van der Waals surface area contributed by atoms with Gasteiger partial charge in [0.05, 0.1) is 23.8 Å². The van der Waals surface area contributed by atoms with Crippen LogP contribution in [0.3, 0.4) is 0 Å². The summed E-state index contributed by atoms with van der Waals surface area (Å²) in [5.74, 6) is 1.27. The molecule has 3 rings (SSSR count). The maximum atomic E-state index is 6.33. The van der Waals surface area contributed by atoms with Gasteiger partial charge in [0, 0.05) is 31.1 Å². The standard InChI is InChI=1S/C19H25ClN2O3/c1-19(2,3)25-16-13-17(21-18-14(16)5-4-6-15(18)20)24-12-9-22-7-10-23-11-8-22/h4-6,13H,7-12H2,1-3H3. The molecule has 136 valence electrons. The first-order valence-corrected chi connectivity index (χ1v) is 9.01. The zero-order valence-electron chi connectivity index (χ0n) is 15.0. The summed E-state index contributed by atoms with van der Waals surface area (Å²) in [5, 5.41) is 1.48. The predicted octanol–water partition coefficient (Wildman–Crippen LogP) is 3.78. The molecule has 0 saturated carbocycles. The third kappa shape index (κ3) is 4.97. The number of pyridine rings is 1. The van der Waals surface area contributed by atoms with E-state index in [1.807, 2.05) is 45.0 Å². The summed E-state index contributed by atoms with van der Waals surface area (Å²) < 4.78 is 17.4. The molecule has 0 amide bonds. The summed E-state index contributed by atoms with van der Waals surface area (Å²) in [5.41, 5.74) is 0.383. The lowest BCUT2D eigenvalue weighted by molar-refractivity contribution is 0.0320. The third-order valence-electron chi connectivity index (χ3n) is 3.91. The van der Waals surface area contributed by atoms with Crippen molar-refractivity contribution < 1.29 is 14.2 Å². The highest BCUT2D eigenvalue weighted by Crippen LogP contribution is 2.34. The highest BCUT2D eigenvalue weighted by Gasteiger charge is 2.17. The average molecular weight is 365 g/mol. The molecule has 0 radical (unpaired) electrons. The third-order valence-corrected chi connectivity index (χ3v) is 4.21. The van der Waals surface area contributed by atoms with Crippen LogP contribution >= 0.6 is 11.6 Å². The van der Waals surface area contributed by atoms with Crippen molar-refractivity contribution in [2.24, 2.45) is 0 Å². The Morgan fingerprint density at radius 2 is 2.00 bits per heavy atom. The number of morpholine rings is 1. The minimum atomic E-state index is -0.318. The van der Waals surface area contributed by atoms with Crippen LogP contribution in [0, 0.1) is 0 Å². The Morgan fingerprint density at radius 3 is 2.72 bits per heavy atom. The molecular weight excluding hydrogens is 340 g/mol. The molecule has 2 heterocycles. The van der Waals surface area contributed by atoms with E-state index in [2.05, 4.69) is 9.88 Å². The van der Waals surface area contributed by atoms with Crippen LogP contribution in [0.2, 0.25) is 5.02 Å². The number of benzene rings is 1. The van der Waals surface area contributed by atoms with E-state index in [0.29, 0.717) is 23.0 Å². The van der Waals surface area contributed by atoms with E-state index in [-0.39, 0.29) is 5.60 Å². The molecule has 0 N–H and O–H groups in total. The van der Waals surface area contributed by atoms with Crippen LogP contribution in [0.25, 0.3) is 10.9 Å².